The summed E-state index contributed by atoms with van der Waals surface area (Å²) in [6.07, 6.45) is 0. The topological polar surface area (TPSA) is 49.4 Å². The van der Waals surface area contributed by atoms with Crippen LogP contribution < -0.4 is 5.32 Å². The summed E-state index contributed by atoms with van der Waals surface area (Å²) in [6, 6.07) is 4.20. The molecule has 4 nitrogen and oxygen atoms in total. The van der Waals surface area contributed by atoms with Gasteiger partial charge in [-0.05, 0) is 19.1 Å². The van der Waals surface area contributed by atoms with Crippen LogP contribution in [-0.2, 0) is 10.3 Å². The number of nitrogens with zero attached hydrogens (tertiary/aromatic N) is 1. The first kappa shape index (κ1) is 15.2. The lowest BCUT2D eigenvalue weighted by atomic mass is 9.92. The molecule has 1 unspecified atom stereocenters. The SMILES string of the molecule is C=C(Cl)CN1C(=O)NC(C)(c2ccc(Cl)cc2Cl)C1=O. The maximum atomic E-state index is 12.5. The van der Waals surface area contributed by atoms with Gasteiger partial charge in [-0.15, -0.1) is 0 Å². The largest absolute Gasteiger partial charge is 0.325 e. The van der Waals surface area contributed by atoms with Gasteiger partial charge in [0, 0.05) is 20.6 Å². The molecule has 1 aliphatic rings. The molecule has 3 amide bonds. The van der Waals surface area contributed by atoms with E-state index in [1.807, 2.05) is 0 Å². The molecule has 1 N–H and O–H groups in total. The van der Waals surface area contributed by atoms with Crippen molar-refractivity contribution < 1.29 is 9.59 Å². The Kier molecular flexibility index (Phi) is 4.00. The van der Waals surface area contributed by atoms with Gasteiger partial charge >= 0.3 is 6.03 Å². The van der Waals surface area contributed by atoms with E-state index >= 15 is 0 Å². The van der Waals surface area contributed by atoms with E-state index in [4.69, 9.17) is 34.8 Å². The van der Waals surface area contributed by atoms with E-state index in [1.165, 1.54) is 6.07 Å². The van der Waals surface area contributed by atoms with E-state index in [0.717, 1.165) is 4.90 Å². The standard InChI is InChI=1S/C13H11Cl3N2O2/c1-7(14)6-18-11(19)13(2,17-12(18)20)9-4-3-8(15)5-10(9)16/h3-5H,1,6H2,2H3,(H,17,20). The first-order valence-corrected chi connectivity index (χ1v) is 6.82. The maximum Gasteiger partial charge on any atom is 0.325 e. The smallest absolute Gasteiger partial charge is 0.319 e. The molecule has 0 aromatic heterocycles. The number of carbonyl (C=O) groups is 2. The molecule has 2 rings (SSSR count). The molecule has 0 aliphatic carbocycles. The van der Waals surface area contributed by atoms with Crippen molar-refractivity contribution in [3.8, 4) is 0 Å². The second kappa shape index (κ2) is 5.28. The number of hydrogen-bond acceptors (Lipinski definition) is 2. The first-order chi connectivity index (χ1) is 9.25. The van der Waals surface area contributed by atoms with Crippen molar-refractivity contribution in [3.63, 3.8) is 0 Å². The van der Waals surface area contributed by atoms with Crippen LogP contribution in [0.25, 0.3) is 0 Å². The third-order valence-corrected chi connectivity index (χ3v) is 3.74. The zero-order chi connectivity index (χ0) is 15.1. The van der Waals surface area contributed by atoms with Crippen LogP contribution in [0.15, 0.2) is 29.8 Å². The Bertz CT molecular complexity index is 618. The summed E-state index contributed by atoms with van der Waals surface area (Å²) in [5, 5.41) is 3.57. The van der Waals surface area contributed by atoms with E-state index < -0.39 is 17.5 Å². The number of benzene rings is 1. The Morgan fingerprint density at radius 3 is 2.60 bits per heavy atom. The van der Waals surface area contributed by atoms with Crippen LogP contribution in [0.5, 0.6) is 0 Å². The predicted molar refractivity (Wildman–Crippen MR) is 79.1 cm³/mol. The van der Waals surface area contributed by atoms with Crippen molar-refractivity contribution in [2.24, 2.45) is 0 Å². The molecule has 0 spiro atoms. The minimum absolute atomic E-state index is 0.0486. The average molecular weight is 334 g/mol. The number of amides is 3. The fourth-order valence-electron chi connectivity index (χ4n) is 2.09. The van der Waals surface area contributed by atoms with Gasteiger partial charge in [0.25, 0.3) is 5.91 Å². The quantitative estimate of drug-likeness (QED) is 0.861. The molecular weight excluding hydrogens is 323 g/mol. The molecule has 0 radical (unpaired) electrons. The lowest BCUT2D eigenvalue weighted by Crippen LogP contribution is -2.41. The molecule has 1 atom stereocenters. The number of imide groups is 1. The van der Waals surface area contributed by atoms with E-state index in [9.17, 15) is 9.59 Å². The zero-order valence-corrected chi connectivity index (χ0v) is 12.8. The van der Waals surface area contributed by atoms with Gasteiger partial charge in [-0.3, -0.25) is 9.69 Å². The number of urea groups is 1. The highest BCUT2D eigenvalue weighted by Gasteiger charge is 2.49. The van der Waals surface area contributed by atoms with Crippen LogP contribution in [0.3, 0.4) is 0 Å². The average Bonchev–Trinajstić information content (AvgIpc) is 2.53. The third kappa shape index (κ3) is 2.51. The highest BCUT2D eigenvalue weighted by Crippen LogP contribution is 2.35. The molecule has 0 saturated carbocycles. The third-order valence-electron chi connectivity index (χ3n) is 3.07. The van der Waals surface area contributed by atoms with Crippen molar-refractivity contribution in [2.75, 3.05) is 6.54 Å². The van der Waals surface area contributed by atoms with Crippen LogP contribution in [0.2, 0.25) is 10.0 Å². The summed E-state index contributed by atoms with van der Waals surface area (Å²) >= 11 is 17.6. The van der Waals surface area contributed by atoms with Crippen LogP contribution in [0.1, 0.15) is 12.5 Å². The van der Waals surface area contributed by atoms with Crippen molar-refractivity contribution in [3.05, 3.63) is 45.4 Å². The molecule has 7 heteroatoms. The molecule has 1 aromatic rings. The van der Waals surface area contributed by atoms with Gasteiger partial charge in [-0.2, -0.15) is 0 Å². The summed E-state index contributed by atoms with van der Waals surface area (Å²) in [6.45, 7) is 5.02. The first-order valence-electron chi connectivity index (χ1n) is 5.68. The van der Waals surface area contributed by atoms with Crippen molar-refractivity contribution >= 4 is 46.7 Å². The van der Waals surface area contributed by atoms with E-state index in [-0.39, 0.29) is 11.6 Å². The fourth-order valence-corrected chi connectivity index (χ4v) is 2.81. The molecule has 1 aliphatic heterocycles. The molecule has 1 heterocycles. The van der Waals surface area contributed by atoms with E-state index in [1.54, 1.807) is 19.1 Å². The van der Waals surface area contributed by atoms with Crippen molar-refractivity contribution in [2.45, 2.75) is 12.5 Å². The Labute approximate surface area is 131 Å². The van der Waals surface area contributed by atoms with Gasteiger partial charge in [0.05, 0.1) is 6.54 Å². The molecule has 106 valence electrons. The second-order valence-corrected chi connectivity index (χ2v) is 5.97. The monoisotopic (exact) mass is 332 g/mol. The number of rotatable bonds is 3. The number of carbonyl (C=O) groups excluding carboxylic acids is 2. The van der Waals surface area contributed by atoms with E-state index in [0.29, 0.717) is 15.6 Å². The Morgan fingerprint density at radius 1 is 1.40 bits per heavy atom. The lowest BCUT2D eigenvalue weighted by Gasteiger charge is -2.23. The van der Waals surface area contributed by atoms with Gasteiger partial charge < -0.3 is 5.32 Å². The molecule has 1 saturated heterocycles. The maximum absolute atomic E-state index is 12.5. The Balaban J connectivity index is 2.43. The molecule has 0 bridgehead atoms. The number of hydrogen-bond donors (Lipinski definition) is 1. The summed E-state index contributed by atoms with van der Waals surface area (Å²) < 4.78 is 0. The van der Waals surface area contributed by atoms with Crippen LogP contribution >= 0.6 is 34.8 Å². The van der Waals surface area contributed by atoms with Gasteiger partial charge in [0.1, 0.15) is 5.54 Å². The zero-order valence-electron chi connectivity index (χ0n) is 10.5. The van der Waals surface area contributed by atoms with E-state index in [2.05, 4.69) is 11.9 Å². The predicted octanol–water partition coefficient (Wildman–Crippen LogP) is 3.51. The summed E-state index contributed by atoms with van der Waals surface area (Å²) in [5.74, 6) is -0.437. The van der Waals surface area contributed by atoms with Crippen LogP contribution in [0.4, 0.5) is 4.79 Å². The minimum atomic E-state index is -1.24. The highest BCUT2D eigenvalue weighted by atomic mass is 35.5. The van der Waals surface area contributed by atoms with Gasteiger partial charge in [0.2, 0.25) is 0 Å². The minimum Gasteiger partial charge on any atom is -0.319 e. The van der Waals surface area contributed by atoms with Crippen LogP contribution in [-0.4, -0.2) is 23.4 Å². The molecular formula is C13H11Cl3N2O2. The molecule has 1 aromatic carbocycles. The number of halogens is 3. The van der Waals surface area contributed by atoms with Gasteiger partial charge in [0.15, 0.2) is 0 Å². The summed E-state index contributed by atoms with van der Waals surface area (Å²) in [7, 11) is 0. The normalized spacial score (nSPS) is 22.1. The molecule has 20 heavy (non-hydrogen) atoms. The fraction of sp³-hybridized carbons (Fsp3) is 0.231. The summed E-state index contributed by atoms with van der Waals surface area (Å²) in [5.41, 5.74) is -0.768. The van der Waals surface area contributed by atoms with Crippen molar-refractivity contribution in [1.82, 2.24) is 10.2 Å². The summed E-state index contributed by atoms with van der Waals surface area (Å²) in [4.78, 5) is 25.4. The second-order valence-electron chi connectivity index (χ2n) is 4.59. The number of nitrogens with one attached hydrogen (secondary N) is 1. The lowest BCUT2D eigenvalue weighted by molar-refractivity contribution is -0.130. The van der Waals surface area contributed by atoms with Gasteiger partial charge in [-0.25, -0.2) is 4.79 Å². The Hall–Kier alpha value is -1.23. The van der Waals surface area contributed by atoms with Crippen molar-refractivity contribution in [1.29, 1.82) is 0 Å². The van der Waals surface area contributed by atoms with Crippen LogP contribution in [0, 0.1) is 0 Å². The van der Waals surface area contributed by atoms with Gasteiger partial charge in [-0.1, -0.05) is 47.4 Å². The molecule has 1 fully saturated rings. The highest BCUT2D eigenvalue weighted by molar-refractivity contribution is 6.35. The Morgan fingerprint density at radius 2 is 2.05 bits per heavy atom.